The van der Waals surface area contributed by atoms with Crippen molar-refractivity contribution in [1.82, 2.24) is 5.32 Å². The first kappa shape index (κ1) is 22.3. The highest BCUT2D eigenvalue weighted by Gasteiger charge is 2.18. The fraction of sp³-hybridized carbons (Fsp3) is 0.391. The fourth-order valence-corrected chi connectivity index (χ4v) is 2.88. The number of methoxy groups -OCH3 is 2. The SMILES string of the molecule is COC(=O)C(C)c1cccc(-c2ccc(OC)c(CNC(=O)OC(C)(C)C)c2)c1. The van der Waals surface area contributed by atoms with E-state index in [2.05, 4.69) is 5.32 Å². The van der Waals surface area contributed by atoms with E-state index < -0.39 is 11.7 Å². The molecule has 6 nitrogen and oxygen atoms in total. The summed E-state index contributed by atoms with van der Waals surface area (Å²) in [6.45, 7) is 7.53. The molecule has 0 radical (unpaired) electrons. The van der Waals surface area contributed by atoms with E-state index >= 15 is 0 Å². The average Bonchev–Trinajstić information content (AvgIpc) is 2.69. The number of carbonyl (C=O) groups excluding carboxylic acids is 2. The lowest BCUT2D eigenvalue weighted by Gasteiger charge is -2.20. The van der Waals surface area contributed by atoms with E-state index in [0.29, 0.717) is 5.75 Å². The van der Waals surface area contributed by atoms with Crippen LogP contribution in [0.15, 0.2) is 42.5 Å². The molecule has 2 rings (SSSR count). The molecule has 0 bridgehead atoms. The zero-order chi connectivity index (χ0) is 21.6. The number of hydrogen-bond acceptors (Lipinski definition) is 5. The molecule has 6 heteroatoms. The summed E-state index contributed by atoms with van der Waals surface area (Å²) in [7, 11) is 2.97. The second kappa shape index (κ2) is 9.45. The van der Waals surface area contributed by atoms with Crippen LogP contribution in [0.4, 0.5) is 4.79 Å². The molecule has 0 heterocycles. The zero-order valence-electron chi connectivity index (χ0n) is 17.9. The van der Waals surface area contributed by atoms with Gasteiger partial charge in [-0.2, -0.15) is 0 Å². The van der Waals surface area contributed by atoms with Crippen molar-refractivity contribution in [3.05, 3.63) is 53.6 Å². The lowest BCUT2D eigenvalue weighted by molar-refractivity contribution is -0.141. The highest BCUT2D eigenvalue weighted by atomic mass is 16.6. The van der Waals surface area contributed by atoms with E-state index in [0.717, 1.165) is 22.3 Å². The van der Waals surface area contributed by atoms with Crippen molar-refractivity contribution in [2.75, 3.05) is 14.2 Å². The lowest BCUT2D eigenvalue weighted by Crippen LogP contribution is -2.32. The monoisotopic (exact) mass is 399 g/mol. The number of nitrogens with one attached hydrogen (secondary N) is 1. The molecular weight excluding hydrogens is 370 g/mol. The number of amides is 1. The van der Waals surface area contributed by atoms with E-state index in [1.54, 1.807) is 7.11 Å². The van der Waals surface area contributed by atoms with Crippen LogP contribution in [0.3, 0.4) is 0 Å². The summed E-state index contributed by atoms with van der Waals surface area (Å²) >= 11 is 0. The van der Waals surface area contributed by atoms with Crippen molar-refractivity contribution in [2.45, 2.75) is 45.8 Å². The molecule has 0 saturated heterocycles. The summed E-state index contributed by atoms with van der Waals surface area (Å²) in [6, 6.07) is 13.5. The quantitative estimate of drug-likeness (QED) is 0.715. The summed E-state index contributed by atoms with van der Waals surface area (Å²) < 4.78 is 15.6. The Balaban J connectivity index is 2.26. The summed E-state index contributed by atoms with van der Waals surface area (Å²) in [5, 5.41) is 2.76. The number of alkyl carbamates (subject to hydrolysis) is 1. The van der Waals surface area contributed by atoms with E-state index in [4.69, 9.17) is 14.2 Å². The smallest absolute Gasteiger partial charge is 0.407 e. The van der Waals surface area contributed by atoms with Gasteiger partial charge < -0.3 is 19.5 Å². The van der Waals surface area contributed by atoms with E-state index in [9.17, 15) is 9.59 Å². The first-order valence-electron chi connectivity index (χ1n) is 9.46. The van der Waals surface area contributed by atoms with Crippen LogP contribution in [0.5, 0.6) is 5.75 Å². The van der Waals surface area contributed by atoms with Crippen LogP contribution in [0.25, 0.3) is 11.1 Å². The highest BCUT2D eigenvalue weighted by Crippen LogP contribution is 2.29. The van der Waals surface area contributed by atoms with Crippen LogP contribution in [-0.4, -0.2) is 31.9 Å². The van der Waals surface area contributed by atoms with Crippen LogP contribution in [-0.2, 0) is 20.8 Å². The topological polar surface area (TPSA) is 73.9 Å². The van der Waals surface area contributed by atoms with E-state index in [-0.39, 0.29) is 18.4 Å². The molecule has 156 valence electrons. The number of rotatable bonds is 6. The minimum atomic E-state index is -0.563. The van der Waals surface area contributed by atoms with Gasteiger partial charge in [-0.3, -0.25) is 4.79 Å². The number of hydrogen-bond donors (Lipinski definition) is 1. The van der Waals surface area contributed by atoms with Crippen LogP contribution in [0.2, 0.25) is 0 Å². The summed E-state index contributed by atoms with van der Waals surface area (Å²) in [5.74, 6) is 0.0366. The van der Waals surface area contributed by atoms with Crippen LogP contribution in [0, 0.1) is 0 Å². The standard InChI is InChI=1S/C23H29NO5/c1-15(21(25)28-6)16-8-7-9-17(12-16)18-10-11-20(27-5)19(13-18)14-24-22(26)29-23(2,3)4/h7-13,15H,14H2,1-6H3,(H,24,26). The molecule has 1 atom stereocenters. The third kappa shape index (κ3) is 6.24. The summed E-state index contributed by atoms with van der Waals surface area (Å²) in [5.41, 5.74) is 3.04. The maximum atomic E-state index is 12.0. The minimum Gasteiger partial charge on any atom is -0.496 e. The molecule has 0 aliphatic rings. The molecule has 0 aromatic heterocycles. The third-order valence-electron chi connectivity index (χ3n) is 4.38. The first-order chi connectivity index (χ1) is 13.6. The van der Waals surface area contributed by atoms with Gasteiger partial charge in [-0.25, -0.2) is 4.79 Å². The minimum absolute atomic E-state index is 0.268. The Kier molecular flexibility index (Phi) is 7.26. The van der Waals surface area contributed by atoms with Gasteiger partial charge >= 0.3 is 12.1 Å². The molecule has 2 aromatic carbocycles. The Bertz CT molecular complexity index is 870. The lowest BCUT2D eigenvalue weighted by atomic mass is 9.95. The largest absolute Gasteiger partial charge is 0.496 e. The Hall–Kier alpha value is -3.02. The van der Waals surface area contributed by atoms with Gasteiger partial charge in [-0.05, 0) is 56.5 Å². The van der Waals surface area contributed by atoms with Crippen LogP contribution in [0.1, 0.15) is 44.7 Å². The van der Waals surface area contributed by atoms with Gasteiger partial charge in [0, 0.05) is 12.1 Å². The Morgan fingerprint density at radius 3 is 2.34 bits per heavy atom. The third-order valence-corrected chi connectivity index (χ3v) is 4.38. The molecule has 0 aliphatic heterocycles. The van der Waals surface area contributed by atoms with Crippen molar-refractivity contribution in [3.63, 3.8) is 0 Å². The average molecular weight is 399 g/mol. The second-order valence-electron chi connectivity index (χ2n) is 7.75. The molecule has 2 aromatic rings. The van der Waals surface area contributed by atoms with Gasteiger partial charge in [-0.15, -0.1) is 0 Å². The molecule has 1 unspecified atom stereocenters. The van der Waals surface area contributed by atoms with Gasteiger partial charge in [0.1, 0.15) is 11.4 Å². The summed E-state index contributed by atoms with van der Waals surface area (Å²) in [6.07, 6.45) is -0.487. The molecular formula is C23H29NO5. The van der Waals surface area contributed by atoms with Crippen LogP contribution >= 0.6 is 0 Å². The molecule has 29 heavy (non-hydrogen) atoms. The molecule has 0 fully saturated rings. The number of benzene rings is 2. The van der Waals surface area contributed by atoms with E-state index in [1.165, 1.54) is 7.11 Å². The predicted octanol–water partition coefficient (Wildman–Crippen LogP) is 4.66. The highest BCUT2D eigenvalue weighted by molar-refractivity contribution is 5.78. The first-order valence-corrected chi connectivity index (χ1v) is 9.46. The predicted molar refractivity (Wildman–Crippen MR) is 112 cm³/mol. The van der Waals surface area contributed by atoms with Crippen molar-refractivity contribution < 1.29 is 23.8 Å². The van der Waals surface area contributed by atoms with Gasteiger partial charge in [0.15, 0.2) is 0 Å². The molecule has 0 spiro atoms. The number of esters is 1. The number of ether oxygens (including phenoxy) is 3. The van der Waals surface area contributed by atoms with Crippen molar-refractivity contribution >= 4 is 12.1 Å². The molecule has 1 N–H and O–H groups in total. The Morgan fingerprint density at radius 2 is 1.72 bits per heavy atom. The normalized spacial score (nSPS) is 12.1. The zero-order valence-corrected chi connectivity index (χ0v) is 17.9. The van der Waals surface area contributed by atoms with E-state index in [1.807, 2.05) is 70.2 Å². The van der Waals surface area contributed by atoms with Gasteiger partial charge in [-0.1, -0.05) is 30.3 Å². The fourth-order valence-electron chi connectivity index (χ4n) is 2.88. The van der Waals surface area contributed by atoms with Gasteiger partial charge in [0.05, 0.1) is 20.1 Å². The van der Waals surface area contributed by atoms with Gasteiger partial charge in [0.25, 0.3) is 0 Å². The molecule has 0 saturated carbocycles. The molecule has 0 aliphatic carbocycles. The number of carbonyl (C=O) groups is 2. The van der Waals surface area contributed by atoms with Crippen molar-refractivity contribution in [2.24, 2.45) is 0 Å². The summed E-state index contributed by atoms with van der Waals surface area (Å²) in [4.78, 5) is 23.8. The van der Waals surface area contributed by atoms with Crippen molar-refractivity contribution in [1.29, 1.82) is 0 Å². The maximum absolute atomic E-state index is 12.0. The molecule has 1 amide bonds. The Labute approximate surface area is 172 Å². The van der Waals surface area contributed by atoms with Gasteiger partial charge in [0.2, 0.25) is 0 Å². The Morgan fingerprint density at radius 1 is 1.03 bits per heavy atom. The second-order valence-corrected chi connectivity index (χ2v) is 7.75. The van der Waals surface area contributed by atoms with Crippen LogP contribution < -0.4 is 10.1 Å². The van der Waals surface area contributed by atoms with Crippen molar-refractivity contribution in [3.8, 4) is 16.9 Å². The maximum Gasteiger partial charge on any atom is 0.407 e.